The quantitative estimate of drug-likeness (QED) is 0.0404. The van der Waals surface area contributed by atoms with Gasteiger partial charge in [-0.25, -0.2) is 0 Å². The van der Waals surface area contributed by atoms with E-state index in [1.807, 2.05) is 0 Å². The fraction of sp³-hybridized carbons (Fsp3) is 0.680. The van der Waals surface area contributed by atoms with Gasteiger partial charge in [-0.2, -0.15) is 0 Å². The van der Waals surface area contributed by atoms with Crippen molar-refractivity contribution in [1.82, 2.24) is 10.6 Å². The molecule has 0 heterocycles. The van der Waals surface area contributed by atoms with Crippen LogP contribution in [0.15, 0.2) is 24.3 Å². The van der Waals surface area contributed by atoms with Crippen molar-refractivity contribution in [1.29, 1.82) is 0 Å². The van der Waals surface area contributed by atoms with Crippen LogP contribution in [-0.4, -0.2) is 25.9 Å². The Morgan fingerprint density at radius 1 is 0.944 bits per heavy atom. The second-order valence-corrected chi connectivity index (χ2v) is 11.7. The minimum Gasteiger partial charge on any atom is -0.339 e. The van der Waals surface area contributed by atoms with Crippen LogP contribution in [0.1, 0.15) is 96.8 Å². The number of thiocarbonyl (C=S) groups is 1. The number of amides is 1. The Hall–Kier alpha value is -1.35. The predicted molar refractivity (Wildman–Crippen MR) is 155 cm³/mol. The molecule has 0 unspecified atom stereocenters. The van der Waals surface area contributed by atoms with Gasteiger partial charge in [0.2, 0.25) is 9.70 Å². The zero-order chi connectivity index (χ0) is 26.8. The van der Waals surface area contributed by atoms with E-state index in [1.54, 1.807) is 6.07 Å². The molecule has 7 nitrogen and oxygen atoms in total. The topological polar surface area (TPSA) is 96.3 Å². The van der Waals surface area contributed by atoms with Crippen molar-refractivity contribution in [3.05, 3.63) is 34.4 Å². The first-order valence-corrected chi connectivity index (χ1v) is 14.4. The van der Waals surface area contributed by atoms with E-state index in [-0.39, 0.29) is 16.7 Å². The number of alkyl halides is 3. The SMILES string of the molecule is CCCCCCCCCCCCCCCC(=O)N[C@H](NC(=S)Nc1cccc([N+](=O)[O-])c1)C(Cl)(Cl)Cl. The Labute approximate surface area is 235 Å². The lowest BCUT2D eigenvalue weighted by Gasteiger charge is -2.27. The maximum atomic E-state index is 12.4. The van der Waals surface area contributed by atoms with Crippen molar-refractivity contribution < 1.29 is 9.72 Å². The lowest BCUT2D eigenvalue weighted by molar-refractivity contribution is -0.384. The molecular formula is C25H39Cl3N4O3S. The molecule has 0 saturated carbocycles. The van der Waals surface area contributed by atoms with Gasteiger partial charge in [0.25, 0.3) is 5.69 Å². The second-order valence-electron chi connectivity index (χ2n) is 8.94. The summed E-state index contributed by atoms with van der Waals surface area (Å²) in [4.78, 5) is 22.8. The third-order valence-corrected chi connectivity index (χ3v) is 6.60. The lowest BCUT2D eigenvalue weighted by atomic mass is 10.0. The summed E-state index contributed by atoms with van der Waals surface area (Å²) in [5.74, 6) is -0.250. The van der Waals surface area contributed by atoms with Crippen LogP contribution in [0.4, 0.5) is 11.4 Å². The first-order valence-electron chi connectivity index (χ1n) is 12.8. The van der Waals surface area contributed by atoms with E-state index >= 15 is 0 Å². The zero-order valence-electron chi connectivity index (χ0n) is 21.0. The van der Waals surface area contributed by atoms with Crippen LogP contribution < -0.4 is 16.0 Å². The summed E-state index contributed by atoms with van der Waals surface area (Å²) in [7, 11) is 0. The number of nitro benzene ring substituents is 1. The summed E-state index contributed by atoms with van der Waals surface area (Å²) < 4.78 is -1.86. The van der Waals surface area contributed by atoms with Crippen LogP contribution in [-0.2, 0) is 4.79 Å². The second kappa shape index (κ2) is 18.8. The number of halogens is 3. The number of hydrogen-bond acceptors (Lipinski definition) is 4. The Morgan fingerprint density at radius 2 is 1.47 bits per heavy atom. The molecule has 1 aromatic carbocycles. The Bertz CT molecular complexity index is 809. The van der Waals surface area contributed by atoms with Gasteiger partial charge in [-0.15, -0.1) is 0 Å². The molecule has 1 amide bonds. The van der Waals surface area contributed by atoms with Crippen LogP contribution in [0.5, 0.6) is 0 Å². The molecule has 1 atom stereocenters. The van der Waals surface area contributed by atoms with Crippen molar-refractivity contribution in [2.45, 2.75) is 107 Å². The average molecular weight is 582 g/mol. The highest BCUT2D eigenvalue weighted by Gasteiger charge is 2.34. The molecule has 36 heavy (non-hydrogen) atoms. The molecule has 0 saturated heterocycles. The van der Waals surface area contributed by atoms with Gasteiger partial charge in [0.05, 0.1) is 4.92 Å². The van der Waals surface area contributed by atoms with Gasteiger partial charge in [-0.3, -0.25) is 14.9 Å². The number of hydrogen-bond donors (Lipinski definition) is 3. The third kappa shape index (κ3) is 15.7. The molecule has 204 valence electrons. The van der Waals surface area contributed by atoms with Gasteiger partial charge in [-0.1, -0.05) is 125 Å². The van der Waals surface area contributed by atoms with E-state index in [2.05, 4.69) is 22.9 Å². The summed E-state index contributed by atoms with van der Waals surface area (Å²) in [6.45, 7) is 2.24. The van der Waals surface area contributed by atoms with E-state index in [1.165, 1.54) is 82.4 Å². The third-order valence-electron chi connectivity index (χ3n) is 5.73. The van der Waals surface area contributed by atoms with Gasteiger partial charge >= 0.3 is 0 Å². The van der Waals surface area contributed by atoms with E-state index in [9.17, 15) is 14.9 Å². The normalized spacial score (nSPS) is 12.1. The lowest BCUT2D eigenvalue weighted by Crippen LogP contribution is -2.56. The van der Waals surface area contributed by atoms with Crippen LogP contribution in [0.25, 0.3) is 0 Å². The first-order chi connectivity index (χ1) is 17.1. The van der Waals surface area contributed by atoms with Crippen molar-refractivity contribution >= 4 is 69.4 Å². The number of nitro groups is 1. The number of anilines is 1. The summed E-state index contributed by atoms with van der Waals surface area (Å²) in [6, 6.07) is 5.82. The van der Waals surface area contributed by atoms with Crippen molar-refractivity contribution in [3.8, 4) is 0 Å². The van der Waals surface area contributed by atoms with Crippen LogP contribution in [0, 0.1) is 10.1 Å². The molecule has 0 spiro atoms. The fourth-order valence-corrected chi connectivity index (χ4v) is 4.29. The Balaban J connectivity index is 2.26. The molecule has 0 aliphatic heterocycles. The number of carbonyl (C=O) groups excluding carboxylic acids is 1. The highest BCUT2D eigenvalue weighted by molar-refractivity contribution is 7.80. The van der Waals surface area contributed by atoms with E-state index < -0.39 is 14.9 Å². The van der Waals surface area contributed by atoms with Gasteiger partial charge in [-0.05, 0) is 24.7 Å². The standard InChI is InChI=1S/C25H39Cl3N4O3S/c1-2-3-4-5-6-7-8-9-10-11-12-13-14-18-22(33)30-23(25(26,27)28)31-24(36)29-20-16-15-17-21(19-20)32(34)35/h15-17,19,23H,2-14,18H2,1H3,(H,30,33)(H2,29,31,36)/t23-/m1/s1. The molecule has 0 aliphatic carbocycles. The van der Waals surface area contributed by atoms with E-state index in [4.69, 9.17) is 47.0 Å². The minimum atomic E-state index is -1.86. The average Bonchev–Trinajstić information content (AvgIpc) is 2.81. The summed E-state index contributed by atoms with van der Waals surface area (Å²) >= 11 is 23.3. The molecular weight excluding hydrogens is 543 g/mol. The van der Waals surface area contributed by atoms with Gasteiger partial charge in [0.15, 0.2) is 5.11 Å². The molecule has 0 fully saturated rings. The van der Waals surface area contributed by atoms with Crippen molar-refractivity contribution in [2.75, 3.05) is 5.32 Å². The van der Waals surface area contributed by atoms with E-state index in [0.29, 0.717) is 12.1 Å². The molecule has 1 rings (SSSR count). The maximum absolute atomic E-state index is 12.4. The van der Waals surface area contributed by atoms with Gasteiger partial charge in [0.1, 0.15) is 6.17 Å². The van der Waals surface area contributed by atoms with Gasteiger partial charge in [0, 0.05) is 24.2 Å². The summed E-state index contributed by atoms with van der Waals surface area (Å²) in [5.41, 5.74) is 0.301. The Kier molecular flexibility index (Phi) is 17.1. The monoisotopic (exact) mass is 580 g/mol. The van der Waals surface area contributed by atoms with E-state index in [0.717, 1.165) is 19.3 Å². The fourth-order valence-electron chi connectivity index (χ4n) is 3.73. The molecule has 0 bridgehead atoms. The van der Waals surface area contributed by atoms with Crippen molar-refractivity contribution in [3.63, 3.8) is 0 Å². The number of unbranched alkanes of at least 4 members (excludes halogenated alkanes) is 12. The highest BCUT2D eigenvalue weighted by Crippen LogP contribution is 2.29. The molecule has 0 aromatic heterocycles. The predicted octanol–water partition coefficient (Wildman–Crippen LogP) is 8.18. The number of nitrogens with one attached hydrogen (secondary N) is 3. The molecule has 1 aromatic rings. The smallest absolute Gasteiger partial charge is 0.271 e. The molecule has 0 radical (unpaired) electrons. The number of rotatable bonds is 18. The molecule has 3 N–H and O–H groups in total. The highest BCUT2D eigenvalue weighted by atomic mass is 35.6. The summed E-state index contributed by atoms with van der Waals surface area (Å²) in [6.07, 6.45) is 15.2. The van der Waals surface area contributed by atoms with Crippen LogP contribution in [0.2, 0.25) is 0 Å². The number of benzene rings is 1. The summed E-state index contributed by atoms with van der Waals surface area (Å²) in [5, 5.41) is 19.2. The molecule has 11 heteroatoms. The minimum absolute atomic E-state index is 0.0492. The number of carbonyl (C=O) groups is 1. The first kappa shape index (κ1) is 32.7. The van der Waals surface area contributed by atoms with Crippen molar-refractivity contribution in [2.24, 2.45) is 0 Å². The number of non-ortho nitro benzene ring substituents is 1. The zero-order valence-corrected chi connectivity index (χ0v) is 24.1. The van der Waals surface area contributed by atoms with Crippen LogP contribution in [0.3, 0.4) is 0 Å². The maximum Gasteiger partial charge on any atom is 0.271 e. The largest absolute Gasteiger partial charge is 0.339 e. The van der Waals surface area contributed by atoms with Crippen LogP contribution >= 0.6 is 47.0 Å². The molecule has 0 aliphatic rings. The number of nitrogens with zero attached hydrogens (tertiary/aromatic N) is 1. The van der Waals surface area contributed by atoms with Gasteiger partial charge < -0.3 is 16.0 Å². The Morgan fingerprint density at radius 3 is 1.97 bits per heavy atom.